The lowest BCUT2D eigenvalue weighted by molar-refractivity contribution is -0.137. The van der Waals surface area contributed by atoms with Crippen molar-refractivity contribution < 1.29 is 14.4 Å². The highest BCUT2D eigenvalue weighted by atomic mass is 16.2. The number of carbonyl (C=O) groups is 3. The average molecular weight is 340 g/mol. The minimum Gasteiger partial charge on any atom is -0.339 e. The molecule has 1 saturated heterocycles. The van der Waals surface area contributed by atoms with Crippen molar-refractivity contribution in [2.75, 3.05) is 13.1 Å². The summed E-state index contributed by atoms with van der Waals surface area (Å²) < 4.78 is 0. The fraction of sp³-hybridized carbons (Fsp3) is 0.550. The molecule has 132 valence electrons. The Kier molecular flexibility index (Phi) is 4.32. The maximum absolute atomic E-state index is 12.8. The van der Waals surface area contributed by atoms with Gasteiger partial charge in [0.25, 0.3) is 11.8 Å². The molecule has 2 heterocycles. The molecule has 5 heteroatoms. The van der Waals surface area contributed by atoms with Crippen molar-refractivity contribution in [3.8, 4) is 0 Å². The van der Waals surface area contributed by atoms with Crippen molar-refractivity contribution in [1.29, 1.82) is 0 Å². The van der Waals surface area contributed by atoms with Gasteiger partial charge in [0.15, 0.2) is 0 Å². The number of fused-ring (bicyclic) bond motifs is 2. The van der Waals surface area contributed by atoms with Crippen LogP contribution in [0.1, 0.15) is 65.7 Å². The van der Waals surface area contributed by atoms with Gasteiger partial charge in [0.05, 0.1) is 11.1 Å². The van der Waals surface area contributed by atoms with Crippen LogP contribution < -0.4 is 0 Å². The van der Waals surface area contributed by atoms with Gasteiger partial charge >= 0.3 is 0 Å². The van der Waals surface area contributed by atoms with Gasteiger partial charge in [0.2, 0.25) is 5.91 Å². The lowest BCUT2D eigenvalue weighted by Crippen LogP contribution is -2.50. The van der Waals surface area contributed by atoms with E-state index in [1.54, 1.807) is 24.3 Å². The SMILES string of the molecule is O=C1c2ccccc2C(=O)N1CCC(=O)N1CCC[C@@H]2CCCC[C@H]21. The Balaban J connectivity index is 1.41. The maximum Gasteiger partial charge on any atom is 0.261 e. The number of hydrogen-bond acceptors (Lipinski definition) is 3. The Bertz CT molecular complexity index is 678. The molecule has 1 aromatic carbocycles. The highest BCUT2D eigenvalue weighted by molar-refractivity contribution is 6.21. The fourth-order valence-corrected chi connectivity index (χ4v) is 4.73. The van der Waals surface area contributed by atoms with Crippen molar-refractivity contribution in [3.05, 3.63) is 35.4 Å². The van der Waals surface area contributed by atoms with Crippen molar-refractivity contribution in [2.45, 2.75) is 51.0 Å². The van der Waals surface area contributed by atoms with E-state index < -0.39 is 0 Å². The van der Waals surface area contributed by atoms with Crippen molar-refractivity contribution in [1.82, 2.24) is 9.80 Å². The molecule has 1 aliphatic carbocycles. The molecule has 2 atom stereocenters. The van der Waals surface area contributed by atoms with Crippen LogP contribution in [-0.2, 0) is 4.79 Å². The molecule has 4 rings (SSSR count). The van der Waals surface area contributed by atoms with E-state index in [4.69, 9.17) is 0 Å². The standard InChI is InChI=1S/C20H24N2O3/c23-18(21-12-5-7-14-6-1-4-10-17(14)21)11-13-22-19(24)15-8-2-3-9-16(15)20(22)25/h2-3,8-9,14,17H,1,4-7,10-13H2/t14-,17+/m0/s1. The van der Waals surface area contributed by atoms with E-state index in [0.717, 1.165) is 19.4 Å². The molecular formula is C20H24N2O3. The molecule has 1 saturated carbocycles. The lowest BCUT2D eigenvalue weighted by atomic mass is 9.78. The number of imide groups is 1. The highest BCUT2D eigenvalue weighted by Gasteiger charge is 2.38. The first kappa shape index (κ1) is 16.3. The van der Waals surface area contributed by atoms with Crippen LogP contribution >= 0.6 is 0 Å². The van der Waals surface area contributed by atoms with Gasteiger partial charge in [-0.1, -0.05) is 25.0 Å². The van der Waals surface area contributed by atoms with E-state index in [1.165, 1.54) is 30.6 Å². The normalized spacial score (nSPS) is 25.8. The quantitative estimate of drug-likeness (QED) is 0.795. The number of carbonyl (C=O) groups excluding carboxylic acids is 3. The molecule has 0 N–H and O–H groups in total. The topological polar surface area (TPSA) is 57.7 Å². The second kappa shape index (κ2) is 6.62. The summed E-state index contributed by atoms with van der Waals surface area (Å²) in [5, 5.41) is 0. The molecule has 3 aliphatic rings. The molecule has 2 aliphatic heterocycles. The summed E-state index contributed by atoms with van der Waals surface area (Å²) in [7, 11) is 0. The summed E-state index contributed by atoms with van der Waals surface area (Å²) >= 11 is 0. The van der Waals surface area contributed by atoms with Gasteiger partial charge in [0, 0.05) is 25.6 Å². The van der Waals surface area contributed by atoms with Crippen LogP contribution in [0.3, 0.4) is 0 Å². The van der Waals surface area contributed by atoms with E-state index in [2.05, 4.69) is 0 Å². The van der Waals surface area contributed by atoms with Gasteiger partial charge in [-0.15, -0.1) is 0 Å². The number of benzene rings is 1. The molecule has 25 heavy (non-hydrogen) atoms. The molecule has 0 aromatic heterocycles. The zero-order chi connectivity index (χ0) is 17.4. The van der Waals surface area contributed by atoms with Crippen molar-refractivity contribution in [3.63, 3.8) is 0 Å². The predicted molar refractivity (Wildman–Crippen MR) is 93.1 cm³/mol. The van der Waals surface area contributed by atoms with Gasteiger partial charge in [-0.3, -0.25) is 19.3 Å². The minimum absolute atomic E-state index is 0.0909. The van der Waals surface area contributed by atoms with Gasteiger partial charge in [-0.25, -0.2) is 0 Å². The van der Waals surface area contributed by atoms with E-state index in [0.29, 0.717) is 23.1 Å². The monoisotopic (exact) mass is 340 g/mol. The zero-order valence-electron chi connectivity index (χ0n) is 14.4. The summed E-state index contributed by atoms with van der Waals surface area (Å²) in [6.07, 6.45) is 7.33. The molecule has 3 amide bonds. The number of hydrogen-bond donors (Lipinski definition) is 0. The summed E-state index contributed by atoms with van der Waals surface area (Å²) in [6, 6.07) is 7.24. The Morgan fingerprint density at radius 2 is 1.60 bits per heavy atom. The third-order valence-electron chi connectivity index (χ3n) is 5.99. The summed E-state index contributed by atoms with van der Waals surface area (Å²) in [6.45, 7) is 1.00. The minimum atomic E-state index is -0.275. The number of rotatable bonds is 3. The van der Waals surface area contributed by atoms with E-state index in [-0.39, 0.29) is 30.7 Å². The molecule has 0 radical (unpaired) electrons. The van der Waals surface area contributed by atoms with Crippen LogP contribution in [0.4, 0.5) is 0 Å². The second-order valence-corrected chi connectivity index (χ2v) is 7.40. The van der Waals surface area contributed by atoms with Crippen LogP contribution in [-0.4, -0.2) is 46.7 Å². The molecule has 0 unspecified atom stereocenters. The smallest absolute Gasteiger partial charge is 0.261 e. The van der Waals surface area contributed by atoms with Crippen LogP contribution in [0.15, 0.2) is 24.3 Å². The average Bonchev–Trinajstić information content (AvgIpc) is 2.90. The molecule has 1 aromatic rings. The largest absolute Gasteiger partial charge is 0.339 e. The third kappa shape index (κ3) is 2.86. The summed E-state index contributed by atoms with van der Waals surface area (Å²) in [5.74, 6) is 0.184. The Morgan fingerprint density at radius 3 is 2.32 bits per heavy atom. The highest BCUT2D eigenvalue weighted by Crippen LogP contribution is 2.35. The lowest BCUT2D eigenvalue weighted by Gasteiger charge is -2.44. The van der Waals surface area contributed by atoms with E-state index in [1.807, 2.05) is 4.90 Å². The number of piperidine rings is 1. The van der Waals surface area contributed by atoms with E-state index in [9.17, 15) is 14.4 Å². The number of nitrogens with zero attached hydrogens (tertiary/aromatic N) is 2. The number of amides is 3. The maximum atomic E-state index is 12.8. The van der Waals surface area contributed by atoms with Crippen LogP contribution in [0.25, 0.3) is 0 Å². The van der Waals surface area contributed by atoms with Crippen LogP contribution in [0.5, 0.6) is 0 Å². The molecule has 2 fully saturated rings. The van der Waals surface area contributed by atoms with Gasteiger partial charge < -0.3 is 4.90 Å². The van der Waals surface area contributed by atoms with Crippen molar-refractivity contribution in [2.24, 2.45) is 5.92 Å². The molecule has 0 bridgehead atoms. The Morgan fingerprint density at radius 1 is 0.960 bits per heavy atom. The van der Waals surface area contributed by atoms with Crippen LogP contribution in [0.2, 0.25) is 0 Å². The first-order valence-corrected chi connectivity index (χ1v) is 9.41. The number of likely N-dealkylation sites (tertiary alicyclic amines) is 1. The second-order valence-electron chi connectivity index (χ2n) is 7.40. The fourth-order valence-electron chi connectivity index (χ4n) is 4.73. The van der Waals surface area contributed by atoms with Gasteiger partial charge in [0.1, 0.15) is 0 Å². The van der Waals surface area contributed by atoms with Crippen molar-refractivity contribution >= 4 is 17.7 Å². The Hall–Kier alpha value is -2.17. The first-order chi connectivity index (χ1) is 12.2. The molecule has 5 nitrogen and oxygen atoms in total. The van der Waals surface area contributed by atoms with Gasteiger partial charge in [-0.05, 0) is 43.7 Å². The predicted octanol–water partition coefficient (Wildman–Crippen LogP) is 2.85. The van der Waals surface area contributed by atoms with E-state index >= 15 is 0 Å². The zero-order valence-corrected chi connectivity index (χ0v) is 14.4. The third-order valence-corrected chi connectivity index (χ3v) is 5.99. The molecule has 0 spiro atoms. The summed E-state index contributed by atoms with van der Waals surface area (Å²) in [5.41, 5.74) is 0.899. The van der Waals surface area contributed by atoms with Crippen LogP contribution in [0, 0.1) is 5.92 Å². The molecular weight excluding hydrogens is 316 g/mol. The first-order valence-electron chi connectivity index (χ1n) is 9.41. The van der Waals surface area contributed by atoms with Gasteiger partial charge in [-0.2, -0.15) is 0 Å². The Labute approximate surface area is 148 Å². The summed E-state index contributed by atoms with van der Waals surface area (Å²) in [4.78, 5) is 40.8.